The van der Waals surface area contributed by atoms with Crippen molar-refractivity contribution in [2.24, 2.45) is 5.92 Å². The lowest BCUT2D eigenvalue weighted by Gasteiger charge is -1.90. The molecule has 4 heteroatoms. The van der Waals surface area contributed by atoms with Crippen LogP contribution >= 0.6 is 0 Å². The summed E-state index contributed by atoms with van der Waals surface area (Å²) >= 11 is 0. The van der Waals surface area contributed by atoms with Crippen LogP contribution in [0.4, 0.5) is 13.2 Å². The van der Waals surface area contributed by atoms with Crippen LogP contribution in [0, 0.1) is 5.92 Å². The average molecular weight is 169 g/mol. The number of halogens is 3. The standard InChI is InChI=1S/C5H11N.C2H3F3/c1-5-2-3-6-4-5;1-2(3,4)5/h5-6H,2-4H2,1H3;1H3. The van der Waals surface area contributed by atoms with Crippen molar-refractivity contribution in [3.63, 3.8) is 0 Å². The van der Waals surface area contributed by atoms with E-state index in [0.717, 1.165) is 5.92 Å². The average Bonchev–Trinajstić information content (AvgIpc) is 2.12. The molecule has 11 heavy (non-hydrogen) atoms. The maximum atomic E-state index is 10.4. The first-order chi connectivity index (χ1) is 4.89. The van der Waals surface area contributed by atoms with Crippen LogP contribution in [-0.4, -0.2) is 19.3 Å². The number of hydrogen-bond donors (Lipinski definition) is 1. The van der Waals surface area contributed by atoms with Crippen molar-refractivity contribution >= 4 is 0 Å². The van der Waals surface area contributed by atoms with E-state index in [1.165, 1.54) is 19.5 Å². The van der Waals surface area contributed by atoms with Crippen molar-refractivity contribution in [1.82, 2.24) is 5.32 Å². The third-order valence-corrected chi connectivity index (χ3v) is 1.31. The van der Waals surface area contributed by atoms with Crippen LogP contribution < -0.4 is 5.32 Å². The molecule has 1 rings (SSSR count). The van der Waals surface area contributed by atoms with Crippen molar-refractivity contribution in [1.29, 1.82) is 0 Å². The molecule has 0 radical (unpaired) electrons. The third kappa shape index (κ3) is 12.9. The normalized spacial score (nSPS) is 24.3. The summed E-state index contributed by atoms with van der Waals surface area (Å²) in [4.78, 5) is 0. The van der Waals surface area contributed by atoms with E-state index in [4.69, 9.17) is 0 Å². The molecule has 1 atom stereocenters. The Kier molecular flexibility index (Phi) is 4.49. The van der Waals surface area contributed by atoms with Gasteiger partial charge in [-0.25, -0.2) is 0 Å². The van der Waals surface area contributed by atoms with Gasteiger partial charge >= 0.3 is 6.18 Å². The van der Waals surface area contributed by atoms with Crippen LogP contribution in [0.1, 0.15) is 20.3 Å². The Labute approximate surface area is 65.0 Å². The van der Waals surface area contributed by atoms with Crippen LogP contribution in [0.15, 0.2) is 0 Å². The minimum Gasteiger partial charge on any atom is -0.316 e. The minimum atomic E-state index is -4.00. The van der Waals surface area contributed by atoms with Gasteiger partial charge in [-0.3, -0.25) is 0 Å². The number of nitrogens with one attached hydrogen (secondary N) is 1. The van der Waals surface area contributed by atoms with E-state index in [1.54, 1.807) is 0 Å². The highest BCUT2D eigenvalue weighted by Gasteiger charge is 2.15. The number of hydrogen-bond acceptors (Lipinski definition) is 1. The van der Waals surface area contributed by atoms with Crippen LogP contribution in [0.2, 0.25) is 0 Å². The molecule has 1 aliphatic rings. The summed E-state index contributed by atoms with van der Waals surface area (Å²) in [5, 5.41) is 3.27. The maximum absolute atomic E-state index is 10.4. The van der Waals surface area contributed by atoms with E-state index in [-0.39, 0.29) is 6.92 Å². The number of rotatable bonds is 0. The van der Waals surface area contributed by atoms with Gasteiger partial charge in [-0.1, -0.05) is 6.92 Å². The monoisotopic (exact) mass is 169 g/mol. The quantitative estimate of drug-likeness (QED) is 0.586. The van der Waals surface area contributed by atoms with Gasteiger partial charge in [0.1, 0.15) is 0 Å². The van der Waals surface area contributed by atoms with Crippen molar-refractivity contribution in [3.05, 3.63) is 0 Å². The van der Waals surface area contributed by atoms with Gasteiger partial charge < -0.3 is 5.32 Å². The molecule has 1 N–H and O–H groups in total. The zero-order chi connectivity index (χ0) is 8.91. The molecule has 0 spiro atoms. The molecule has 0 amide bonds. The molecule has 1 unspecified atom stereocenters. The van der Waals surface area contributed by atoms with E-state index in [2.05, 4.69) is 12.2 Å². The second kappa shape index (κ2) is 4.59. The van der Waals surface area contributed by atoms with Gasteiger partial charge in [0.15, 0.2) is 0 Å². The molecule has 0 aliphatic carbocycles. The van der Waals surface area contributed by atoms with Crippen LogP contribution in [0.5, 0.6) is 0 Å². The Morgan fingerprint density at radius 1 is 1.36 bits per heavy atom. The summed E-state index contributed by atoms with van der Waals surface area (Å²) in [5.41, 5.74) is 0. The highest BCUT2D eigenvalue weighted by atomic mass is 19.4. The van der Waals surface area contributed by atoms with Gasteiger partial charge in [0, 0.05) is 6.92 Å². The van der Waals surface area contributed by atoms with Crippen molar-refractivity contribution in [3.8, 4) is 0 Å². The molecule has 68 valence electrons. The molecule has 1 heterocycles. The van der Waals surface area contributed by atoms with Gasteiger partial charge in [-0.05, 0) is 25.4 Å². The van der Waals surface area contributed by atoms with Crippen molar-refractivity contribution in [2.75, 3.05) is 13.1 Å². The Balaban J connectivity index is 0.000000187. The molecular weight excluding hydrogens is 155 g/mol. The first-order valence-electron chi connectivity index (χ1n) is 3.67. The zero-order valence-corrected chi connectivity index (χ0v) is 6.83. The highest BCUT2D eigenvalue weighted by Crippen LogP contribution is 2.10. The van der Waals surface area contributed by atoms with Gasteiger partial charge in [-0.2, -0.15) is 13.2 Å². The lowest BCUT2D eigenvalue weighted by Crippen LogP contribution is -2.06. The summed E-state index contributed by atoms with van der Waals surface area (Å²) < 4.78 is 31.1. The van der Waals surface area contributed by atoms with Crippen LogP contribution in [-0.2, 0) is 0 Å². The Morgan fingerprint density at radius 3 is 1.91 bits per heavy atom. The second-order valence-electron chi connectivity index (χ2n) is 2.88. The molecule has 1 saturated heterocycles. The molecule has 1 fully saturated rings. The molecule has 1 nitrogen and oxygen atoms in total. The van der Waals surface area contributed by atoms with Gasteiger partial charge in [-0.15, -0.1) is 0 Å². The van der Waals surface area contributed by atoms with E-state index in [0.29, 0.717) is 0 Å². The van der Waals surface area contributed by atoms with Gasteiger partial charge in [0.25, 0.3) is 0 Å². The van der Waals surface area contributed by atoms with Crippen molar-refractivity contribution < 1.29 is 13.2 Å². The molecule has 0 aromatic rings. The number of alkyl halides is 3. The molecule has 1 aliphatic heterocycles. The predicted molar refractivity (Wildman–Crippen MR) is 38.4 cm³/mol. The van der Waals surface area contributed by atoms with Crippen molar-refractivity contribution in [2.45, 2.75) is 26.4 Å². The smallest absolute Gasteiger partial charge is 0.316 e. The summed E-state index contributed by atoms with van der Waals surface area (Å²) in [6.07, 6.45) is -2.62. The van der Waals surface area contributed by atoms with Gasteiger partial charge in [0.05, 0.1) is 0 Å². The molecule has 0 aromatic carbocycles. The Bertz CT molecular complexity index is 88.3. The predicted octanol–water partition coefficient (Wildman–Crippen LogP) is 2.18. The minimum absolute atomic E-state index is 0.188. The van der Waals surface area contributed by atoms with E-state index >= 15 is 0 Å². The van der Waals surface area contributed by atoms with E-state index in [1.807, 2.05) is 0 Å². The lowest BCUT2D eigenvalue weighted by molar-refractivity contribution is -0.110. The Hall–Kier alpha value is -0.250. The zero-order valence-electron chi connectivity index (χ0n) is 6.83. The fraction of sp³-hybridized carbons (Fsp3) is 1.00. The van der Waals surface area contributed by atoms with Crippen LogP contribution in [0.25, 0.3) is 0 Å². The second-order valence-corrected chi connectivity index (χ2v) is 2.88. The third-order valence-electron chi connectivity index (χ3n) is 1.31. The lowest BCUT2D eigenvalue weighted by atomic mass is 10.2. The maximum Gasteiger partial charge on any atom is 0.386 e. The SMILES string of the molecule is CC(F)(F)F.CC1CCNC1. The van der Waals surface area contributed by atoms with Crippen LogP contribution in [0.3, 0.4) is 0 Å². The summed E-state index contributed by atoms with van der Waals surface area (Å²) in [7, 11) is 0. The molecule has 0 aromatic heterocycles. The summed E-state index contributed by atoms with van der Waals surface area (Å²) in [5.74, 6) is 0.935. The fourth-order valence-corrected chi connectivity index (χ4v) is 0.799. The van der Waals surface area contributed by atoms with E-state index in [9.17, 15) is 13.2 Å². The largest absolute Gasteiger partial charge is 0.386 e. The molecule has 0 saturated carbocycles. The molecule has 0 bridgehead atoms. The van der Waals surface area contributed by atoms with Gasteiger partial charge in [0.2, 0.25) is 0 Å². The Morgan fingerprint density at radius 2 is 1.82 bits per heavy atom. The van der Waals surface area contributed by atoms with E-state index < -0.39 is 6.18 Å². The highest BCUT2D eigenvalue weighted by molar-refractivity contribution is 4.65. The summed E-state index contributed by atoms with van der Waals surface area (Å²) in [6.45, 7) is 4.94. The molecular formula is C7H14F3N. The summed E-state index contributed by atoms with van der Waals surface area (Å²) in [6, 6.07) is 0. The first kappa shape index (κ1) is 10.8. The topological polar surface area (TPSA) is 12.0 Å². The fourth-order valence-electron chi connectivity index (χ4n) is 0.799. The first-order valence-corrected chi connectivity index (χ1v) is 3.67.